The maximum absolute atomic E-state index is 13.4. The molecular weight excluding hydrogens is 619 g/mol. The summed E-state index contributed by atoms with van der Waals surface area (Å²) in [7, 11) is 0. The molecule has 3 heterocycles. The molecule has 0 aliphatic carbocycles. The molecule has 2 amide bonds. The number of nitrogens with two attached hydrogens (primary N) is 1. The molecule has 0 radical (unpaired) electrons. The van der Waals surface area contributed by atoms with Crippen LogP contribution >= 0.6 is 35.1 Å². The van der Waals surface area contributed by atoms with Crippen molar-refractivity contribution in [2.24, 2.45) is 11.1 Å². The Morgan fingerprint density at radius 2 is 1.95 bits per heavy atom. The number of esters is 2. The van der Waals surface area contributed by atoms with E-state index < -0.39 is 65.3 Å². The van der Waals surface area contributed by atoms with Gasteiger partial charge in [-0.05, 0) is 44.8 Å². The van der Waals surface area contributed by atoms with Gasteiger partial charge in [0.1, 0.15) is 23.4 Å². The second kappa shape index (κ2) is 13.5. The minimum atomic E-state index is -1.74. The van der Waals surface area contributed by atoms with Crippen LogP contribution < -0.4 is 11.1 Å². The summed E-state index contributed by atoms with van der Waals surface area (Å²) < 4.78 is 14.9. The highest BCUT2D eigenvalue weighted by Gasteiger charge is 2.54. The van der Waals surface area contributed by atoms with Crippen molar-refractivity contribution in [2.45, 2.75) is 55.6 Å². The van der Waals surface area contributed by atoms with Gasteiger partial charge in [-0.15, -0.1) is 11.8 Å². The average Bonchev–Trinajstić information content (AvgIpc) is 3.50. The largest absolute Gasteiger partial charge is 0.427 e. The van der Waals surface area contributed by atoms with Crippen molar-refractivity contribution in [1.82, 2.24) is 19.6 Å². The number of aromatic nitrogens is 2. The second-order valence-corrected chi connectivity index (χ2v) is 13.8. The molecule has 0 saturated carbocycles. The normalized spacial score (nSPS) is 19.6. The number of rotatable bonds is 11. The second-order valence-electron chi connectivity index (χ2n) is 10.7. The maximum Gasteiger partial charge on any atom is 0.357 e. The van der Waals surface area contributed by atoms with Gasteiger partial charge in [-0.2, -0.15) is 4.37 Å². The van der Waals surface area contributed by atoms with E-state index >= 15 is 0 Å². The molecular formula is C27H31N5O8S3. The summed E-state index contributed by atoms with van der Waals surface area (Å²) in [4.78, 5) is 69.6. The van der Waals surface area contributed by atoms with E-state index in [4.69, 9.17) is 15.2 Å². The number of carbonyl (C=O) groups is 5. The average molecular weight is 650 g/mol. The summed E-state index contributed by atoms with van der Waals surface area (Å²) in [6.07, 6.45) is -0.331. The third-order valence-corrected chi connectivity index (χ3v) is 9.65. The summed E-state index contributed by atoms with van der Waals surface area (Å²) in [6.45, 7) is 5.83. The fourth-order valence-electron chi connectivity index (χ4n) is 4.16. The standard InChI is InChI=1S/C27H31N5O8S3/c1-13(28)19(33)15-7-5-6-8-16(15)20(34)21(35)31-17-22(36)32-18(24(37)39-12-40-25(38)27(2,3)4)14(9-41-23(17)32)10-42-26-29-11-30-43-26/h5-8,11,13,17,20,23,34H,9-10,12,28H2,1-4H3,(H,31,35)/t13-,17?,20?,23-/m0/s1. The number of ketones is 1. The van der Waals surface area contributed by atoms with Crippen LogP contribution in [0.5, 0.6) is 0 Å². The predicted molar refractivity (Wildman–Crippen MR) is 159 cm³/mol. The monoisotopic (exact) mass is 649 g/mol. The molecule has 2 aliphatic heterocycles. The van der Waals surface area contributed by atoms with Gasteiger partial charge in [0.2, 0.25) is 6.79 Å². The Hall–Kier alpha value is -3.31. The number of hydrogen-bond donors (Lipinski definition) is 3. The molecule has 1 aromatic heterocycles. The number of amides is 2. The lowest BCUT2D eigenvalue weighted by molar-refractivity contribution is -0.173. The summed E-state index contributed by atoms with van der Waals surface area (Å²) in [6, 6.07) is 4.16. The van der Waals surface area contributed by atoms with Gasteiger partial charge in [0.05, 0.1) is 11.5 Å². The Labute approximate surface area is 260 Å². The quantitative estimate of drug-likeness (QED) is 0.105. The Kier molecular flexibility index (Phi) is 10.3. The number of carbonyl (C=O) groups excluding carboxylic acids is 5. The number of aliphatic hydroxyl groups excluding tert-OH is 1. The summed E-state index contributed by atoms with van der Waals surface area (Å²) in [5.74, 6) is -2.71. The topological polar surface area (TPSA) is 191 Å². The zero-order valence-electron chi connectivity index (χ0n) is 23.8. The molecule has 1 aromatic carbocycles. The molecule has 2 unspecified atom stereocenters. The van der Waals surface area contributed by atoms with E-state index in [2.05, 4.69) is 14.7 Å². The van der Waals surface area contributed by atoms with E-state index in [9.17, 15) is 29.1 Å². The fourth-order valence-corrected chi connectivity index (χ4v) is 7.09. The first-order valence-corrected chi connectivity index (χ1v) is 15.9. The van der Waals surface area contributed by atoms with Crippen molar-refractivity contribution in [3.05, 3.63) is 53.0 Å². The summed E-state index contributed by atoms with van der Waals surface area (Å²) in [5.41, 5.74) is 5.67. The number of nitrogens with one attached hydrogen (secondary N) is 1. The molecule has 2 aliphatic rings. The van der Waals surface area contributed by atoms with Crippen LogP contribution in [0.2, 0.25) is 0 Å². The van der Waals surface area contributed by atoms with E-state index in [1.807, 2.05) is 0 Å². The molecule has 16 heteroatoms. The van der Waals surface area contributed by atoms with Gasteiger partial charge < -0.3 is 25.6 Å². The van der Waals surface area contributed by atoms with E-state index in [1.165, 1.54) is 65.3 Å². The zero-order valence-corrected chi connectivity index (χ0v) is 26.2. The molecule has 0 spiro atoms. The number of ether oxygens (including phenoxy) is 2. The molecule has 1 saturated heterocycles. The molecule has 230 valence electrons. The van der Waals surface area contributed by atoms with Crippen molar-refractivity contribution in [3.63, 3.8) is 0 Å². The molecule has 43 heavy (non-hydrogen) atoms. The first-order chi connectivity index (χ1) is 20.3. The van der Waals surface area contributed by atoms with E-state index in [-0.39, 0.29) is 16.8 Å². The lowest BCUT2D eigenvalue weighted by Crippen LogP contribution is -2.71. The van der Waals surface area contributed by atoms with Gasteiger partial charge in [0.25, 0.3) is 11.8 Å². The fraction of sp³-hybridized carbons (Fsp3) is 0.444. The van der Waals surface area contributed by atoms with Crippen LogP contribution in [-0.4, -0.2) is 84.7 Å². The van der Waals surface area contributed by atoms with E-state index in [0.717, 1.165) is 0 Å². The number of thioether (sulfide) groups is 2. The van der Waals surface area contributed by atoms with Crippen LogP contribution in [0.25, 0.3) is 0 Å². The lowest BCUT2D eigenvalue weighted by atomic mass is 9.95. The minimum absolute atomic E-state index is 0.00324. The van der Waals surface area contributed by atoms with Crippen LogP contribution in [0, 0.1) is 5.41 Å². The lowest BCUT2D eigenvalue weighted by Gasteiger charge is -2.49. The zero-order chi connectivity index (χ0) is 31.5. The number of nitrogens with zero attached hydrogens (tertiary/aromatic N) is 3. The van der Waals surface area contributed by atoms with Gasteiger partial charge in [-0.25, -0.2) is 9.78 Å². The van der Waals surface area contributed by atoms with Crippen LogP contribution in [0.1, 0.15) is 49.7 Å². The van der Waals surface area contributed by atoms with Crippen molar-refractivity contribution in [2.75, 3.05) is 18.3 Å². The Bertz CT molecular complexity index is 1440. The molecule has 0 bridgehead atoms. The molecule has 4 rings (SSSR count). The van der Waals surface area contributed by atoms with Crippen molar-refractivity contribution >= 4 is 64.6 Å². The highest BCUT2D eigenvalue weighted by molar-refractivity contribution is 8.01. The third kappa shape index (κ3) is 7.26. The number of hydrogen-bond acceptors (Lipinski definition) is 14. The summed E-state index contributed by atoms with van der Waals surface area (Å²) >= 11 is 3.85. The van der Waals surface area contributed by atoms with Crippen LogP contribution in [-0.2, 0) is 28.7 Å². The number of Topliss-reactive ketones (excluding diaryl/α,β-unsaturated/α-hetero) is 1. The first kappa shape index (κ1) is 32.6. The molecule has 4 N–H and O–H groups in total. The first-order valence-electron chi connectivity index (χ1n) is 13.1. The molecule has 4 atom stereocenters. The van der Waals surface area contributed by atoms with Gasteiger partial charge in [0, 0.05) is 22.6 Å². The van der Waals surface area contributed by atoms with Crippen LogP contribution in [0.15, 0.2) is 46.2 Å². The molecule has 13 nitrogen and oxygen atoms in total. The Morgan fingerprint density at radius 3 is 2.60 bits per heavy atom. The predicted octanol–water partition coefficient (Wildman–Crippen LogP) is 1.64. The van der Waals surface area contributed by atoms with Crippen molar-refractivity contribution < 1.29 is 38.6 Å². The van der Waals surface area contributed by atoms with Gasteiger partial charge >= 0.3 is 11.9 Å². The number of fused-ring (bicyclic) bond motifs is 1. The van der Waals surface area contributed by atoms with Gasteiger partial charge in [0.15, 0.2) is 16.2 Å². The van der Waals surface area contributed by atoms with Crippen molar-refractivity contribution in [3.8, 4) is 0 Å². The number of aliphatic hydroxyl groups is 1. The highest BCUT2D eigenvalue weighted by atomic mass is 32.2. The SMILES string of the molecule is C[C@H](N)C(=O)c1ccccc1C(O)C(=O)NC1C(=O)N2C(C(=O)OCOC(=O)C(C)(C)C)=C(CSc3ncns3)CS[C@@H]12. The van der Waals surface area contributed by atoms with Gasteiger partial charge in [-0.1, -0.05) is 36.0 Å². The summed E-state index contributed by atoms with van der Waals surface area (Å²) in [5, 5.41) is 12.7. The third-order valence-electron chi connectivity index (χ3n) is 6.42. The Balaban J connectivity index is 1.50. The van der Waals surface area contributed by atoms with E-state index in [0.29, 0.717) is 21.4 Å². The van der Waals surface area contributed by atoms with Gasteiger partial charge in [-0.3, -0.25) is 24.1 Å². The van der Waals surface area contributed by atoms with Crippen LogP contribution in [0.3, 0.4) is 0 Å². The van der Waals surface area contributed by atoms with E-state index in [1.54, 1.807) is 32.9 Å². The minimum Gasteiger partial charge on any atom is -0.427 e. The highest BCUT2D eigenvalue weighted by Crippen LogP contribution is 2.42. The number of β-lactam (4-membered cyclic amide) rings is 1. The van der Waals surface area contributed by atoms with Crippen molar-refractivity contribution in [1.29, 1.82) is 0 Å². The molecule has 1 fully saturated rings. The maximum atomic E-state index is 13.4. The van der Waals surface area contributed by atoms with Crippen LogP contribution in [0.4, 0.5) is 0 Å². The molecule has 2 aromatic rings. The number of benzene rings is 1. The smallest absolute Gasteiger partial charge is 0.357 e. The Morgan fingerprint density at radius 1 is 1.23 bits per heavy atom.